The summed E-state index contributed by atoms with van der Waals surface area (Å²) in [5, 5.41) is 10.6. The van der Waals surface area contributed by atoms with Gasteiger partial charge in [0.2, 0.25) is 0 Å². The number of methoxy groups -OCH3 is 1. The number of nitrogens with zero attached hydrogens (tertiary/aromatic N) is 1. The van der Waals surface area contributed by atoms with Gasteiger partial charge in [0.05, 0.1) is 29.6 Å². The van der Waals surface area contributed by atoms with E-state index in [2.05, 4.69) is 0 Å². The van der Waals surface area contributed by atoms with E-state index in [1.54, 1.807) is 18.2 Å². The Balaban J connectivity index is 2.26. The van der Waals surface area contributed by atoms with Crippen LogP contribution in [0.2, 0.25) is 0 Å². The number of hydrogen-bond acceptors (Lipinski definition) is 6. The topological polar surface area (TPSA) is 85.0 Å². The maximum Gasteiger partial charge on any atom is 0.340 e. The summed E-state index contributed by atoms with van der Waals surface area (Å²) in [6, 6.07) is 5.11. The fourth-order valence-corrected chi connectivity index (χ4v) is 2.69. The second kappa shape index (κ2) is 6.32. The molecule has 0 radical (unpaired) electrons. The number of esters is 1. The molecule has 0 atom stereocenters. The Morgan fingerprint density at radius 3 is 2.76 bits per heavy atom. The molecule has 0 amide bonds. The molecule has 6 heteroatoms. The maximum absolute atomic E-state index is 11.9. The molecule has 1 aromatic carbocycles. The third kappa shape index (κ3) is 3.46. The molecule has 1 saturated heterocycles. The second-order valence-corrected chi connectivity index (χ2v) is 5.43. The van der Waals surface area contributed by atoms with E-state index in [0.29, 0.717) is 49.5 Å². The summed E-state index contributed by atoms with van der Waals surface area (Å²) in [6.45, 7) is 1.46. The van der Waals surface area contributed by atoms with Crippen molar-refractivity contribution in [2.24, 2.45) is 0 Å². The third-order valence-electron chi connectivity index (χ3n) is 3.81. The van der Waals surface area contributed by atoms with Crippen molar-refractivity contribution in [1.82, 2.24) is 0 Å². The molecule has 6 nitrogen and oxygen atoms in total. The monoisotopic (exact) mass is 294 g/mol. The quantitative estimate of drug-likeness (QED) is 0.637. The summed E-state index contributed by atoms with van der Waals surface area (Å²) >= 11 is 0. The first-order chi connectivity index (χ1) is 9.97. The largest absolute Gasteiger partial charge is 0.465 e. The van der Waals surface area contributed by atoms with Crippen molar-refractivity contribution in [3.05, 3.63) is 23.8 Å². The summed E-state index contributed by atoms with van der Waals surface area (Å²) in [7, 11) is 3.15. The van der Waals surface area contributed by atoms with Crippen LogP contribution in [0.5, 0.6) is 0 Å². The molecular weight excluding hydrogens is 272 g/mol. The first kappa shape index (κ1) is 15.6. The Labute approximate surface area is 124 Å². The minimum atomic E-state index is -0.831. The zero-order valence-electron chi connectivity index (χ0n) is 12.5. The number of hydrogen-bond donors (Lipinski definition) is 2. The van der Waals surface area contributed by atoms with Gasteiger partial charge in [-0.2, -0.15) is 0 Å². The highest BCUT2D eigenvalue weighted by molar-refractivity contribution is 5.99. The van der Waals surface area contributed by atoms with Crippen LogP contribution in [0.25, 0.3) is 0 Å². The van der Waals surface area contributed by atoms with Crippen LogP contribution in [-0.4, -0.2) is 50.6 Å². The van der Waals surface area contributed by atoms with Crippen LogP contribution >= 0.6 is 0 Å². The number of nitrogens with two attached hydrogens (primary N) is 1. The van der Waals surface area contributed by atoms with Gasteiger partial charge in [-0.05, 0) is 12.1 Å². The Kier molecular flexibility index (Phi) is 4.69. The van der Waals surface area contributed by atoms with E-state index in [0.717, 1.165) is 0 Å². The molecule has 21 heavy (non-hydrogen) atoms. The molecule has 1 aliphatic heterocycles. The average molecular weight is 294 g/mol. The number of rotatable bonds is 4. The lowest BCUT2D eigenvalue weighted by Crippen LogP contribution is -2.46. The Morgan fingerprint density at radius 1 is 1.48 bits per heavy atom. The molecule has 0 unspecified atom stereocenters. The number of nitrogen functional groups attached to an aromatic ring is 1. The van der Waals surface area contributed by atoms with Gasteiger partial charge in [-0.15, -0.1) is 0 Å². The van der Waals surface area contributed by atoms with Crippen LogP contribution in [0.4, 0.5) is 11.4 Å². The number of ether oxygens (including phenoxy) is 2. The minimum absolute atomic E-state index is 0.383. The van der Waals surface area contributed by atoms with Crippen molar-refractivity contribution in [2.45, 2.75) is 18.4 Å². The molecule has 1 aromatic rings. The highest BCUT2D eigenvalue weighted by atomic mass is 16.5. The van der Waals surface area contributed by atoms with Gasteiger partial charge >= 0.3 is 5.97 Å². The molecule has 0 aliphatic carbocycles. The van der Waals surface area contributed by atoms with E-state index in [9.17, 15) is 9.90 Å². The number of anilines is 2. The van der Waals surface area contributed by atoms with Crippen LogP contribution < -0.4 is 10.6 Å². The summed E-state index contributed by atoms with van der Waals surface area (Å²) < 4.78 is 10.1. The Bertz CT molecular complexity index is 512. The normalized spacial score (nSPS) is 17.3. The predicted molar refractivity (Wildman–Crippen MR) is 80.5 cm³/mol. The van der Waals surface area contributed by atoms with Gasteiger partial charge in [0.25, 0.3) is 0 Å². The standard InChI is InChI=1S/C15H22N2O4/c1-17(10-15(19)6-8-21-9-7-15)13-11(14(18)20-2)4-3-5-12(13)16/h3-5,19H,6-10,16H2,1-2H3. The number of benzene rings is 1. The smallest absolute Gasteiger partial charge is 0.340 e. The summed E-state index contributed by atoms with van der Waals surface area (Å²) in [5.74, 6) is -0.442. The lowest BCUT2D eigenvalue weighted by atomic mass is 9.93. The van der Waals surface area contributed by atoms with Gasteiger partial charge in [-0.3, -0.25) is 0 Å². The van der Waals surface area contributed by atoms with Crippen molar-refractivity contribution in [3.8, 4) is 0 Å². The number of aliphatic hydroxyl groups is 1. The van der Waals surface area contributed by atoms with Gasteiger partial charge in [0, 0.05) is 39.6 Å². The summed E-state index contributed by atoms with van der Waals surface area (Å²) in [4.78, 5) is 13.7. The SMILES string of the molecule is COC(=O)c1cccc(N)c1N(C)CC1(O)CCOCC1. The van der Waals surface area contributed by atoms with Crippen molar-refractivity contribution in [2.75, 3.05) is 44.5 Å². The van der Waals surface area contributed by atoms with Crippen molar-refractivity contribution in [3.63, 3.8) is 0 Å². The van der Waals surface area contributed by atoms with E-state index in [4.69, 9.17) is 15.2 Å². The van der Waals surface area contributed by atoms with Crippen LogP contribution in [0.1, 0.15) is 23.2 Å². The molecule has 1 fully saturated rings. The predicted octanol–water partition coefficient (Wildman–Crippen LogP) is 1.03. The lowest BCUT2D eigenvalue weighted by Gasteiger charge is -2.37. The number of para-hydroxylation sites is 1. The van der Waals surface area contributed by atoms with Gasteiger partial charge in [-0.25, -0.2) is 4.79 Å². The zero-order chi connectivity index (χ0) is 15.5. The molecule has 3 N–H and O–H groups in total. The number of carbonyl (C=O) groups excluding carboxylic acids is 1. The molecule has 1 heterocycles. The number of likely N-dealkylation sites (N-methyl/N-ethyl adjacent to an activating group) is 1. The highest BCUT2D eigenvalue weighted by Crippen LogP contribution is 2.30. The van der Waals surface area contributed by atoms with Crippen molar-refractivity contribution in [1.29, 1.82) is 0 Å². The van der Waals surface area contributed by atoms with E-state index >= 15 is 0 Å². The van der Waals surface area contributed by atoms with E-state index < -0.39 is 11.6 Å². The maximum atomic E-state index is 11.9. The molecule has 1 aliphatic rings. The molecular formula is C15H22N2O4. The Morgan fingerprint density at radius 2 is 2.14 bits per heavy atom. The van der Waals surface area contributed by atoms with Crippen molar-refractivity contribution >= 4 is 17.3 Å². The second-order valence-electron chi connectivity index (χ2n) is 5.43. The fourth-order valence-electron chi connectivity index (χ4n) is 2.69. The summed E-state index contributed by atoms with van der Waals surface area (Å²) in [6.07, 6.45) is 1.13. The van der Waals surface area contributed by atoms with Gasteiger partial charge in [0.1, 0.15) is 0 Å². The van der Waals surface area contributed by atoms with Gasteiger partial charge < -0.3 is 25.2 Å². The summed E-state index contributed by atoms with van der Waals surface area (Å²) in [5.41, 5.74) is 6.65. The minimum Gasteiger partial charge on any atom is -0.465 e. The molecule has 0 saturated carbocycles. The molecule has 0 aromatic heterocycles. The molecule has 0 bridgehead atoms. The van der Waals surface area contributed by atoms with E-state index in [-0.39, 0.29) is 0 Å². The number of carbonyl (C=O) groups is 1. The van der Waals surface area contributed by atoms with Crippen LogP contribution in [0.15, 0.2) is 18.2 Å². The van der Waals surface area contributed by atoms with Gasteiger partial charge in [0.15, 0.2) is 0 Å². The van der Waals surface area contributed by atoms with Crippen LogP contribution in [0.3, 0.4) is 0 Å². The first-order valence-corrected chi connectivity index (χ1v) is 6.95. The third-order valence-corrected chi connectivity index (χ3v) is 3.81. The van der Waals surface area contributed by atoms with E-state index in [1.165, 1.54) is 7.11 Å². The van der Waals surface area contributed by atoms with E-state index in [1.807, 2.05) is 11.9 Å². The van der Waals surface area contributed by atoms with Crippen LogP contribution in [0, 0.1) is 0 Å². The highest BCUT2D eigenvalue weighted by Gasteiger charge is 2.32. The Hall–Kier alpha value is -1.79. The average Bonchev–Trinajstić information content (AvgIpc) is 2.46. The fraction of sp³-hybridized carbons (Fsp3) is 0.533. The zero-order valence-corrected chi connectivity index (χ0v) is 12.5. The van der Waals surface area contributed by atoms with Gasteiger partial charge in [-0.1, -0.05) is 6.07 Å². The van der Waals surface area contributed by atoms with Crippen LogP contribution in [-0.2, 0) is 9.47 Å². The molecule has 116 valence electrons. The lowest BCUT2D eigenvalue weighted by molar-refractivity contribution is -0.0572. The first-order valence-electron chi connectivity index (χ1n) is 6.95. The molecule has 2 rings (SSSR count). The van der Waals surface area contributed by atoms with Crippen molar-refractivity contribution < 1.29 is 19.4 Å². The molecule has 0 spiro atoms.